The summed E-state index contributed by atoms with van der Waals surface area (Å²) in [5.74, 6) is -0.818. The van der Waals surface area contributed by atoms with Crippen LogP contribution in [-0.4, -0.2) is 36.0 Å². The minimum Gasteiger partial charge on any atom is -0.456 e. The molecule has 7 nitrogen and oxygen atoms in total. The molecule has 2 heterocycles. The first-order valence-corrected chi connectivity index (χ1v) is 10.2. The number of benzene rings is 2. The molecule has 3 amide bonds. The van der Waals surface area contributed by atoms with Crippen molar-refractivity contribution >= 4 is 23.6 Å². The van der Waals surface area contributed by atoms with Crippen LogP contribution in [0.3, 0.4) is 0 Å². The summed E-state index contributed by atoms with van der Waals surface area (Å²) < 4.78 is 5.26. The second kappa shape index (κ2) is 7.91. The lowest BCUT2D eigenvalue weighted by Crippen LogP contribution is -2.49. The molecule has 4 rings (SSSR count). The number of urea groups is 1. The Hall–Kier alpha value is -3.61. The molecule has 2 aromatic carbocycles. The molecule has 0 bridgehead atoms. The van der Waals surface area contributed by atoms with Crippen molar-refractivity contribution < 1.29 is 19.1 Å². The van der Waals surface area contributed by atoms with Crippen LogP contribution in [0.15, 0.2) is 47.7 Å². The van der Waals surface area contributed by atoms with E-state index in [0.29, 0.717) is 17.0 Å². The number of carbonyl (C=O) groups excluding carboxylic acids is 3. The van der Waals surface area contributed by atoms with Gasteiger partial charge in [-0.2, -0.15) is 0 Å². The Bertz CT molecular complexity index is 1140. The summed E-state index contributed by atoms with van der Waals surface area (Å²) in [4.78, 5) is 39.5. The van der Waals surface area contributed by atoms with Gasteiger partial charge in [0.1, 0.15) is 13.2 Å². The average molecular weight is 419 g/mol. The van der Waals surface area contributed by atoms with Crippen LogP contribution in [0.25, 0.3) is 0 Å². The third kappa shape index (κ3) is 3.91. The summed E-state index contributed by atoms with van der Waals surface area (Å²) in [5, 5.41) is 5.75. The summed E-state index contributed by atoms with van der Waals surface area (Å²) in [5.41, 5.74) is 6.30. The number of aryl methyl sites for hydroxylation is 4. The number of ether oxygens (including phenoxy) is 1. The Balaban J connectivity index is 1.63. The van der Waals surface area contributed by atoms with E-state index in [9.17, 15) is 14.4 Å². The first-order chi connectivity index (χ1) is 14.7. The van der Waals surface area contributed by atoms with Crippen LogP contribution in [-0.2, 0) is 14.3 Å². The van der Waals surface area contributed by atoms with Crippen LogP contribution in [0.2, 0.25) is 0 Å². The van der Waals surface area contributed by atoms with Gasteiger partial charge in [-0.3, -0.25) is 9.69 Å². The molecule has 0 aliphatic carbocycles. The van der Waals surface area contributed by atoms with E-state index >= 15 is 0 Å². The van der Waals surface area contributed by atoms with Crippen molar-refractivity contribution in [2.75, 3.05) is 18.5 Å². The van der Waals surface area contributed by atoms with Gasteiger partial charge >= 0.3 is 12.0 Å². The predicted octanol–water partition coefficient (Wildman–Crippen LogP) is 3.44. The first-order valence-electron chi connectivity index (χ1n) is 10.2. The number of rotatable bonds is 4. The lowest BCUT2D eigenvalue weighted by Gasteiger charge is -2.33. The van der Waals surface area contributed by atoms with Crippen molar-refractivity contribution in [1.29, 1.82) is 0 Å². The van der Waals surface area contributed by atoms with Gasteiger partial charge < -0.3 is 15.4 Å². The molecule has 7 heteroatoms. The van der Waals surface area contributed by atoms with Gasteiger partial charge in [0.15, 0.2) is 0 Å². The van der Waals surface area contributed by atoms with Crippen molar-refractivity contribution in [3.63, 3.8) is 0 Å². The predicted molar refractivity (Wildman–Crippen MR) is 116 cm³/mol. The van der Waals surface area contributed by atoms with E-state index in [1.807, 2.05) is 64.1 Å². The molecule has 2 aromatic rings. The quantitative estimate of drug-likeness (QED) is 0.744. The monoisotopic (exact) mass is 419 g/mol. The van der Waals surface area contributed by atoms with Gasteiger partial charge in [-0.1, -0.05) is 35.9 Å². The Morgan fingerprint density at radius 1 is 1.06 bits per heavy atom. The second-order valence-corrected chi connectivity index (χ2v) is 8.13. The fourth-order valence-corrected chi connectivity index (χ4v) is 3.99. The van der Waals surface area contributed by atoms with Crippen LogP contribution < -0.4 is 10.6 Å². The van der Waals surface area contributed by atoms with Crippen molar-refractivity contribution in [3.8, 4) is 0 Å². The lowest BCUT2D eigenvalue weighted by atomic mass is 9.91. The Kier molecular flexibility index (Phi) is 5.27. The zero-order chi connectivity index (χ0) is 22.3. The number of carbonyl (C=O) groups is 3. The molecule has 2 aliphatic rings. The average Bonchev–Trinajstić information content (AvgIpc) is 3.10. The highest BCUT2D eigenvalue weighted by atomic mass is 16.5. The smallest absolute Gasteiger partial charge is 0.338 e. The molecule has 2 N–H and O–H groups in total. The number of nitrogens with zero attached hydrogens (tertiary/aromatic N) is 1. The third-order valence-electron chi connectivity index (χ3n) is 5.71. The topological polar surface area (TPSA) is 87.7 Å². The van der Waals surface area contributed by atoms with Gasteiger partial charge in [0, 0.05) is 5.69 Å². The van der Waals surface area contributed by atoms with E-state index < -0.39 is 18.0 Å². The number of cyclic esters (lactones) is 1. The summed E-state index contributed by atoms with van der Waals surface area (Å²) >= 11 is 0. The Morgan fingerprint density at radius 3 is 2.48 bits per heavy atom. The van der Waals surface area contributed by atoms with Gasteiger partial charge in [0.05, 0.1) is 17.3 Å². The lowest BCUT2D eigenvalue weighted by molar-refractivity contribution is -0.136. The minimum atomic E-state index is -0.601. The van der Waals surface area contributed by atoms with E-state index in [-0.39, 0.29) is 19.1 Å². The van der Waals surface area contributed by atoms with Gasteiger partial charge in [-0.15, -0.1) is 0 Å². The first kappa shape index (κ1) is 20.7. The highest BCUT2D eigenvalue weighted by molar-refractivity contribution is 6.00. The van der Waals surface area contributed by atoms with E-state index in [2.05, 4.69) is 10.6 Å². The highest BCUT2D eigenvalue weighted by Crippen LogP contribution is 2.36. The molecule has 0 radical (unpaired) electrons. The minimum absolute atomic E-state index is 0.0281. The molecular weight excluding hydrogens is 394 g/mol. The second-order valence-electron chi connectivity index (χ2n) is 8.13. The van der Waals surface area contributed by atoms with Crippen molar-refractivity contribution in [2.24, 2.45) is 0 Å². The molecule has 2 aliphatic heterocycles. The van der Waals surface area contributed by atoms with E-state index in [1.54, 1.807) is 0 Å². The maximum absolute atomic E-state index is 13.0. The van der Waals surface area contributed by atoms with Gasteiger partial charge in [-0.05, 0) is 56.0 Å². The molecule has 160 valence electrons. The normalized spacial score (nSPS) is 17.9. The van der Waals surface area contributed by atoms with E-state index in [1.165, 1.54) is 4.90 Å². The number of amides is 3. The molecule has 1 atom stereocenters. The van der Waals surface area contributed by atoms with Crippen molar-refractivity contribution in [1.82, 2.24) is 10.2 Å². The SMILES string of the molecule is Cc1ccc(C)c(NC(=O)CN2C(=O)N[C@@H](c3cc(C)ccc3C)C3=C2COC3=O)c1. The van der Waals surface area contributed by atoms with Gasteiger partial charge in [-0.25, -0.2) is 9.59 Å². The van der Waals surface area contributed by atoms with Crippen LogP contribution in [0.4, 0.5) is 10.5 Å². The van der Waals surface area contributed by atoms with Crippen LogP contribution in [0.5, 0.6) is 0 Å². The van der Waals surface area contributed by atoms with Crippen molar-refractivity contribution in [3.05, 3.63) is 75.5 Å². The van der Waals surface area contributed by atoms with Crippen LogP contribution in [0, 0.1) is 27.7 Å². The Labute approximate surface area is 181 Å². The zero-order valence-electron chi connectivity index (χ0n) is 18.0. The number of esters is 1. The largest absolute Gasteiger partial charge is 0.456 e. The summed E-state index contributed by atoms with van der Waals surface area (Å²) in [6, 6.07) is 10.6. The van der Waals surface area contributed by atoms with Gasteiger partial charge in [0.25, 0.3) is 0 Å². The van der Waals surface area contributed by atoms with Crippen LogP contribution in [0.1, 0.15) is 33.9 Å². The van der Waals surface area contributed by atoms with E-state index in [4.69, 9.17) is 4.74 Å². The number of nitrogens with one attached hydrogen (secondary N) is 2. The summed E-state index contributed by atoms with van der Waals surface area (Å²) in [6.45, 7) is 7.50. The number of hydrogen-bond acceptors (Lipinski definition) is 4. The molecule has 0 saturated carbocycles. The molecular formula is C24H25N3O4. The fraction of sp³-hybridized carbons (Fsp3) is 0.292. The zero-order valence-corrected chi connectivity index (χ0v) is 18.0. The Morgan fingerprint density at radius 2 is 1.74 bits per heavy atom. The standard InChI is InChI=1S/C24H25N3O4/c1-13-5-7-15(3)17(9-13)22-21-19(12-31-23(21)29)27(24(30)26-22)11-20(28)25-18-10-14(2)6-8-16(18)4/h5-10,22H,11-12H2,1-4H3,(H,25,28)(H,26,30)/t22-/m0/s1. The highest BCUT2D eigenvalue weighted by Gasteiger charge is 2.43. The third-order valence-corrected chi connectivity index (χ3v) is 5.71. The number of anilines is 1. The molecule has 0 aromatic heterocycles. The molecule has 31 heavy (non-hydrogen) atoms. The van der Waals surface area contributed by atoms with Gasteiger partial charge in [0.2, 0.25) is 5.91 Å². The molecule has 0 saturated heterocycles. The van der Waals surface area contributed by atoms with Crippen LogP contribution >= 0.6 is 0 Å². The summed E-state index contributed by atoms with van der Waals surface area (Å²) in [7, 11) is 0. The van der Waals surface area contributed by atoms with Crippen molar-refractivity contribution in [2.45, 2.75) is 33.7 Å². The number of hydrogen-bond donors (Lipinski definition) is 2. The maximum Gasteiger partial charge on any atom is 0.338 e. The molecule has 0 spiro atoms. The summed E-state index contributed by atoms with van der Waals surface area (Å²) in [6.07, 6.45) is 0. The molecule has 0 unspecified atom stereocenters. The maximum atomic E-state index is 13.0. The fourth-order valence-electron chi connectivity index (χ4n) is 3.99. The van der Waals surface area contributed by atoms with E-state index in [0.717, 1.165) is 27.8 Å². The molecule has 0 fully saturated rings.